The number of rotatable bonds is 6. The SMILES string of the molecule is O=C(Nc1nccc2c1cnn2Cc1cn2cc(C3CC3)ccc2n1)[C@H]1CC1c1cccc(Cl)c1. The molecule has 7 rings (SSSR count). The Hall–Kier alpha value is -3.71. The number of nitrogens with zero attached hydrogens (tertiary/aromatic N) is 5. The standard InChI is InChI=1S/C27H23ClN6O/c28-19-3-1-2-17(10-19)21-11-22(21)27(35)32-26-23-12-30-34(24(23)8-9-29-26)15-20-14-33-13-18(16-4-5-16)6-7-25(33)31-20/h1-3,6-10,12-14,16,21-22H,4-5,11,15H2,(H,29,32,35)/t21?,22-/m0/s1. The van der Waals surface area contributed by atoms with Gasteiger partial charge in [0.15, 0.2) is 0 Å². The lowest BCUT2D eigenvalue weighted by Gasteiger charge is -2.06. The van der Waals surface area contributed by atoms with Gasteiger partial charge in [-0.3, -0.25) is 9.48 Å². The lowest BCUT2D eigenvalue weighted by atomic mass is 10.1. The van der Waals surface area contributed by atoms with Crippen molar-refractivity contribution < 1.29 is 4.79 Å². The summed E-state index contributed by atoms with van der Waals surface area (Å²) < 4.78 is 4.01. The van der Waals surface area contributed by atoms with Gasteiger partial charge in [0.05, 0.1) is 29.3 Å². The molecule has 0 spiro atoms. The third-order valence-corrected chi connectivity index (χ3v) is 7.34. The molecule has 2 saturated carbocycles. The Kier molecular flexibility index (Phi) is 4.67. The molecule has 4 heterocycles. The Morgan fingerprint density at radius 3 is 2.89 bits per heavy atom. The van der Waals surface area contributed by atoms with Crippen molar-refractivity contribution in [1.29, 1.82) is 0 Å². The second-order valence-corrected chi connectivity index (χ2v) is 10.1. The highest BCUT2D eigenvalue weighted by Crippen LogP contribution is 2.48. The van der Waals surface area contributed by atoms with E-state index in [2.05, 4.69) is 44.3 Å². The van der Waals surface area contributed by atoms with E-state index in [0.717, 1.165) is 34.2 Å². The van der Waals surface area contributed by atoms with E-state index in [1.54, 1.807) is 12.4 Å². The fourth-order valence-electron chi connectivity index (χ4n) is 4.98. The molecule has 8 heteroatoms. The maximum absolute atomic E-state index is 12.9. The van der Waals surface area contributed by atoms with Crippen molar-refractivity contribution >= 4 is 39.9 Å². The van der Waals surface area contributed by atoms with E-state index in [0.29, 0.717) is 23.3 Å². The number of benzene rings is 1. The molecule has 4 aromatic heterocycles. The van der Waals surface area contributed by atoms with Gasteiger partial charge in [-0.2, -0.15) is 5.10 Å². The first kappa shape index (κ1) is 20.6. The fourth-order valence-corrected chi connectivity index (χ4v) is 5.18. The number of pyridine rings is 2. The largest absolute Gasteiger partial charge is 0.310 e. The summed E-state index contributed by atoms with van der Waals surface area (Å²) in [4.78, 5) is 22.1. The number of anilines is 1. The molecule has 2 aliphatic rings. The summed E-state index contributed by atoms with van der Waals surface area (Å²) in [7, 11) is 0. The van der Waals surface area contributed by atoms with Crippen LogP contribution in [0.3, 0.4) is 0 Å². The molecular formula is C27H23ClN6O. The molecule has 1 N–H and O–H groups in total. The highest BCUT2D eigenvalue weighted by atomic mass is 35.5. The highest BCUT2D eigenvalue weighted by molar-refractivity contribution is 6.30. The minimum absolute atomic E-state index is 0.0189. The van der Waals surface area contributed by atoms with E-state index >= 15 is 0 Å². The zero-order chi connectivity index (χ0) is 23.5. The first-order valence-electron chi connectivity index (χ1n) is 12.0. The molecule has 2 fully saturated rings. The summed E-state index contributed by atoms with van der Waals surface area (Å²) in [5, 5.41) is 9.12. The van der Waals surface area contributed by atoms with Crippen molar-refractivity contribution in [3.63, 3.8) is 0 Å². The van der Waals surface area contributed by atoms with E-state index in [4.69, 9.17) is 16.6 Å². The zero-order valence-electron chi connectivity index (χ0n) is 18.9. The molecule has 1 unspecified atom stereocenters. The van der Waals surface area contributed by atoms with Crippen LogP contribution in [0.15, 0.2) is 67.3 Å². The minimum Gasteiger partial charge on any atom is -0.310 e. The summed E-state index contributed by atoms with van der Waals surface area (Å²) in [6.07, 6.45) is 11.1. The van der Waals surface area contributed by atoms with Crippen LogP contribution in [0.25, 0.3) is 16.6 Å². The van der Waals surface area contributed by atoms with Crippen molar-refractivity contribution in [2.75, 3.05) is 5.32 Å². The number of fused-ring (bicyclic) bond motifs is 2. The number of hydrogen-bond donors (Lipinski definition) is 1. The van der Waals surface area contributed by atoms with E-state index < -0.39 is 0 Å². The number of hydrogen-bond acceptors (Lipinski definition) is 4. The third kappa shape index (κ3) is 3.86. The molecular weight excluding hydrogens is 460 g/mol. The second kappa shape index (κ2) is 7.92. The van der Waals surface area contributed by atoms with Gasteiger partial charge in [-0.1, -0.05) is 29.8 Å². The van der Waals surface area contributed by atoms with Gasteiger partial charge in [0.25, 0.3) is 0 Å². The fraction of sp³-hybridized carbons (Fsp3) is 0.259. The summed E-state index contributed by atoms with van der Waals surface area (Å²) in [6, 6.07) is 13.9. The predicted molar refractivity (Wildman–Crippen MR) is 135 cm³/mol. The van der Waals surface area contributed by atoms with Crippen LogP contribution in [0.1, 0.15) is 47.9 Å². The van der Waals surface area contributed by atoms with Crippen molar-refractivity contribution in [3.05, 3.63) is 89.1 Å². The minimum atomic E-state index is -0.0703. The van der Waals surface area contributed by atoms with E-state index in [1.807, 2.05) is 35.0 Å². The molecule has 2 aliphatic carbocycles. The van der Waals surface area contributed by atoms with Crippen molar-refractivity contribution in [1.82, 2.24) is 24.1 Å². The Bertz CT molecular complexity index is 1600. The Morgan fingerprint density at radius 2 is 2.03 bits per heavy atom. The molecule has 0 bridgehead atoms. The normalized spacial score (nSPS) is 19.3. The first-order chi connectivity index (χ1) is 17.1. The number of halogens is 1. The molecule has 35 heavy (non-hydrogen) atoms. The zero-order valence-corrected chi connectivity index (χ0v) is 19.7. The summed E-state index contributed by atoms with van der Waals surface area (Å²) in [5.74, 6) is 1.36. The molecule has 174 valence electrons. The molecule has 2 atom stereocenters. The van der Waals surface area contributed by atoms with E-state index in [9.17, 15) is 4.79 Å². The molecule has 5 aromatic rings. The van der Waals surface area contributed by atoms with E-state index in [-0.39, 0.29) is 17.7 Å². The average Bonchev–Trinajstić information content (AvgIpc) is 3.78. The lowest BCUT2D eigenvalue weighted by Crippen LogP contribution is -2.15. The number of amides is 1. The maximum Gasteiger partial charge on any atom is 0.229 e. The molecule has 0 radical (unpaired) electrons. The highest BCUT2D eigenvalue weighted by Gasteiger charge is 2.44. The van der Waals surface area contributed by atoms with Crippen LogP contribution in [0.4, 0.5) is 5.82 Å². The van der Waals surface area contributed by atoms with Crippen LogP contribution < -0.4 is 5.32 Å². The summed E-state index contributed by atoms with van der Waals surface area (Å²) >= 11 is 6.12. The molecule has 1 aromatic carbocycles. The van der Waals surface area contributed by atoms with Crippen LogP contribution in [0, 0.1) is 5.92 Å². The number of nitrogens with one attached hydrogen (secondary N) is 1. The molecule has 7 nitrogen and oxygen atoms in total. The van der Waals surface area contributed by atoms with Gasteiger partial charge in [0.2, 0.25) is 5.91 Å². The average molecular weight is 483 g/mol. The number of aromatic nitrogens is 5. The molecule has 1 amide bonds. The second-order valence-electron chi connectivity index (χ2n) is 9.62. The van der Waals surface area contributed by atoms with Crippen molar-refractivity contribution in [2.45, 2.75) is 37.6 Å². The number of carbonyl (C=O) groups is 1. The van der Waals surface area contributed by atoms with E-state index in [1.165, 1.54) is 18.4 Å². The van der Waals surface area contributed by atoms with Crippen LogP contribution in [0.2, 0.25) is 5.02 Å². The Morgan fingerprint density at radius 1 is 1.11 bits per heavy atom. The topological polar surface area (TPSA) is 77.1 Å². The molecule has 0 aliphatic heterocycles. The quantitative estimate of drug-likeness (QED) is 0.351. The first-order valence-corrected chi connectivity index (χ1v) is 12.3. The van der Waals surface area contributed by atoms with Crippen LogP contribution in [0.5, 0.6) is 0 Å². The van der Waals surface area contributed by atoms with Gasteiger partial charge in [-0.05, 0) is 66.5 Å². The van der Waals surface area contributed by atoms with Crippen LogP contribution in [-0.2, 0) is 11.3 Å². The third-order valence-electron chi connectivity index (χ3n) is 7.10. The summed E-state index contributed by atoms with van der Waals surface area (Å²) in [6.45, 7) is 0.542. The van der Waals surface area contributed by atoms with Gasteiger partial charge in [-0.15, -0.1) is 0 Å². The van der Waals surface area contributed by atoms with Crippen molar-refractivity contribution in [3.8, 4) is 0 Å². The lowest BCUT2D eigenvalue weighted by molar-refractivity contribution is -0.117. The van der Waals surface area contributed by atoms with Gasteiger partial charge >= 0.3 is 0 Å². The van der Waals surface area contributed by atoms with Gasteiger partial charge in [0.1, 0.15) is 11.5 Å². The number of carbonyl (C=O) groups excluding carboxylic acids is 1. The van der Waals surface area contributed by atoms with Crippen LogP contribution >= 0.6 is 11.6 Å². The van der Waals surface area contributed by atoms with Crippen LogP contribution in [-0.4, -0.2) is 30.1 Å². The monoisotopic (exact) mass is 482 g/mol. The predicted octanol–water partition coefficient (Wildman–Crippen LogP) is 5.40. The van der Waals surface area contributed by atoms with Gasteiger partial charge < -0.3 is 9.72 Å². The van der Waals surface area contributed by atoms with Gasteiger partial charge in [-0.25, -0.2) is 9.97 Å². The van der Waals surface area contributed by atoms with Crippen molar-refractivity contribution in [2.24, 2.45) is 5.92 Å². The summed E-state index contributed by atoms with van der Waals surface area (Å²) in [5.41, 5.74) is 5.27. The van der Waals surface area contributed by atoms with Gasteiger partial charge in [0, 0.05) is 29.5 Å². The Balaban J connectivity index is 1.10. The number of imidazole rings is 1. The Labute approximate surface area is 206 Å². The smallest absolute Gasteiger partial charge is 0.229 e. The maximum atomic E-state index is 12.9. The molecule has 0 saturated heterocycles.